The molecule has 1 N–H and O–H groups in total. The molecular formula is C27H46ClNO4. The predicted molar refractivity (Wildman–Crippen MR) is 130 cm³/mol. The van der Waals surface area contributed by atoms with Crippen molar-refractivity contribution < 1.29 is 36.4 Å². The highest BCUT2D eigenvalue weighted by atomic mass is 35.5. The lowest BCUT2D eigenvalue weighted by Gasteiger charge is -2.19. The lowest BCUT2D eigenvalue weighted by atomic mass is 10.0. The summed E-state index contributed by atoms with van der Waals surface area (Å²) in [6.45, 7) is 6.30. The number of esters is 2. The Hall–Kier alpha value is -1.59. The number of nitrogens with one attached hydrogen (secondary N) is 1. The second-order valence-electron chi connectivity index (χ2n) is 8.80. The zero-order chi connectivity index (χ0) is 23.3. The molecule has 5 nitrogen and oxygen atoms in total. The van der Waals surface area contributed by atoms with Crippen molar-refractivity contribution in [3.8, 4) is 0 Å². The van der Waals surface area contributed by atoms with E-state index in [1.54, 1.807) is 0 Å². The minimum absolute atomic E-state index is 0. The summed E-state index contributed by atoms with van der Waals surface area (Å²) in [5.74, 6) is -0.479. The van der Waals surface area contributed by atoms with E-state index in [1.165, 1.54) is 94.9 Å². The SMILES string of the molecule is CC(=O)OCC[NH+](CCCCCCCCCCCCCc1ccccc1)CCOC(C)=O.[Cl-]. The molecule has 0 spiro atoms. The van der Waals surface area contributed by atoms with Crippen LogP contribution >= 0.6 is 0 Å². The summed E-state index contributed by atoms with van der Waals surface area (Å²) in [7, 11) is 0. The molecule has 0 amide bonds. The smallest absolute Gasteiger partial charge is 0.302 e. The average molecular weight is 484 g/mol. The van der Waals surface area contributed by atoms with E-state index in [9.17, 15) is 9.59 Å². The Morgan fingerprint density at radius 2 is 1.06 bits per heavy atom. The Bertz CT molecular complexity index is 577. The number of halogens is 1. The van der Waals surface area contributed by atoms with Gasteiger partial charge in [-0.1, -0.05) is 81.7 Å². The molecule has 0 aliphatic carbocycles. The lowest BCUT2D eigenvalue weighted by Crippen LogP contribution is -3.13. The first-order chi connectivity index (χ1) is 15.6. The van der Waals surface area contributed by atoms with E-state index < -0.39 is 0 Å². The maximum atomic E-state index is 11.0. The van der Waals surface area contributed by atoms with E-state index in [4.69, 9.17) is 9.47 Å². The fourth-order valence-electron chi connectivity index (χ4n) is 3.99. The molecule has 0 aliphatic heterocycles. The van der Waals surface area contributed by atoms with E-state index in [2.05, 4.69) is 30.3 Å². The van der Waals surface area contributed by atoms with Gasteiger partial charge in [0.1, 0.15) is 26.3 Å². The van der Waals surface area contributed by atoms with E-state index >= 15 is 0 Å². The molecule has 0 radical (unpaired) electrons. The van der Waals surface area contributed by atoms with Crippen molar-refractivity contribution >= 4 is 11.9 Å². The van der Waals surface area contributed by atoms with Crippen LogP contribution in [0.5, 0.6) is 0 Å². The molecule has 0 aromatic heterocycles. The van der Waals surface area contributed by atoms with Crippen molar-refractivity contribution in [1.29, 1.82) is 0 Å². The zero-order valence-corrected chi connectivity index (χ0v) is 21.7. The van der Waals surface area contributed by atoms with Gasteiger partial charge < -0.3 is 26.8 Å². The normalized spacial score (nSPS) is 10.6. The minimum Gasteiger partial charge on any atom is -1.00 e. The van der Waals surface area contributed by atoms with Gasteiger partial charge in [0.25, 0.3) is 0 Å². The van der Waals surface area contributed by atoms with Gasteiger partial charge in [-0.2, -0.15) is 0 Å². The average Bonchev–Trinajstić information content (AvgIpc) is 2.76. The maximum absolute atomic E-state index is 11.0. The molecule has 190 valence electrons. The second kappa shape index (κ2) is 22.2. The van der Waals surface area contributed by atoms with Crippen LogP contribution in [0.4, 0.5) is 0 Å². The number of aryl methyl sites for hydroxylation is 1. The third-order valence-electron chi connectivity index (χ3n) is 5.86. The van der Waals surface area contributed by atoms with Crippen LogP contribution in [0, 0.1) is 0 Å². The van der Waals surface area contributed by atoms with Gasteiger partial charge in [0.2, 0.25) is 0 Å². The van der Waals surface area contributed by atoms with Crippen molar-refractivity contribution in [1.82, 2.24) is 0 Å². The molecule has 6 heteroatoms. The Labute approximate surface area is 208 Å². The van der Waals surface area contributed by atoms with E-state index in [-0.39, 0.29) is 24.3 Å². The van der Waals surface area contributed by atoms with Crippen molar-refractivity contribution in [2.45, 2.75) is 90.9 Å². The Balaban J connectivity index is 0.0000102. The predicted octanol–water partition coefficient (Wildman–Crippen LogP) is 1.54. The Kier molecular flexibility index (Phi) is 21.1. The minimum atomic E-state index is -0.239. The van der Waals surface area contributed by atoms with Crippen LogP contribution in [0.15, 0.2) is 30.3 Å². The van der Waals surface area contributed by atoms with Crippen LogP contribution < -0.4 is 17.3 Å². The summed E-state index contributed by atoms with van der Waals surface area (Å²) in [5, 5.41) is 0. The highest BCUT2D eigenvalue weighted by Gasteiger charge is 2.10. The number of unbranched alkanes of at least 4 members (excludes halogenated alkanes) is 10. The largest absolute Gasteiger partial charge is 1.00 e. The number of hydrogen-bond donors (Lipinski definition) is 1. The van der Waals surface area contributed by atoms with Crippen molar-refractivity contribution in [3.63, 3.8) is 0 Å². The topological polar surface area (TPSA) is 57.0 Å². The van der Waals surface area contributed by atoms with E-state index in [0.717, 1.165) is 26.1 Å². The van der Waals surface area contributed by atoms with Crippen LogP contribution in [0.2, 0.25) is 0 Å². The van der Waals surface area contributed by atoms with Gasteiger partial charge in [-0.05, 0) is 31.2 Å². The van der Waals surface area contributed by atoms with Crippen LogP contribution in [-0.2, 0) is 25.5 Å². The molecule has 1 aromatic carbocycles. The maximum Gasteiger partial charge on any atom is 0.302 e. The Morgan fingerprint density at radius 3 is 1.52 bits per heavy atom. The van der Waals surface area contributed by atoms with E-state index in [1.807, 2.05) is 0 Å². The molecule has 0 saturated heterocycles. The number of hydrogen-bond acceptors (Lipinski definition) is 4. The molecular weight excluding hydrogens is 438 g/mol. The number of benzene rings is 1. The quantitative estimate of drug-likeness (QED) is 0.226. The number of quaternary nitrogens is 1. The summed E-state index contributed by atoms with van der Waals surface area (Å²) in [4.78, 5) is 23.2. The van der Waals surface area contributed by atoms with Gasteiger partial charge in [-0.15, -0.1) is 0 Å². The first kappa shape index (κ1) is 31.4. The molecule has 1 rings (SSSR count). The fourth-order valence-corrected chi connectivity index (χ4v) is 3.99. The van der Waals surface area contributed by atoms with Crippen LogP contribution in [-0.4, -0.2) is 44.8 Å². The molecule has 0 saturated carbocycles. The number of carbonyl (C=O) groups excluding carboxylic acids is 2. The summed E-state index contributed by atoms with van der Waals surface area (Å²) in [6, 6.07) is 10.8. The number of rotatable bonds is 20. The van der Waals surface area contributed by atoms with Crippen LogP contribution in [0.25, 0.3) is 0 Å². The number of carbonyl (C=O) groups is 2. The third kappa shape index (κ3) is 20.7. The highest BCUT2D eigenvalue weighted by molar-refractivity contribution is 5.66. The molecule has 0 aliphatic rings. The zero-order valence-electron chi connectivity index (χ0n) is 20.9. The van der Waals surface area contributed by atoms with Crippen molar-refractivity contribution in [2.24, 2.45) is 0 Å². The molecule has 0 heterocycles. The van der Waals surface area contributed by atoms with E-state index in [0.29, 0.717) is 13.2 Å². The summed E-state index contributed by atoms with van der Waals surface area (Å²) < 4.78 is 10.1. The molecule has 0 atom stereocenters. The standard InChI is InChI=1S/C27H45NO4.ClH/c1-25(29)31-23-21-28(22-24-32-26(2)30)20-16-11-9-7-5-3-4-6-8-10-13-17-27-18-14-12-15-19-27;/h12,14-15,18-19H,3-11,13,16-17,20-24H2,1-2H3;1H. The first-order valence-electron chi connectivity index (χ1n) is 12.7. The van der Waals surface area contributed by atoms with Crippen LogP contribution in [0.1, 0.15) is 90.0 Å². The Morgan fingerprint density at radius 1 is 0.636 bits per heavy atom. The van der Waals surface area contributed by atoms with Gasteiger partial charge in [0, 0.05) is 13.8 Å². The monoisotopic (exact) mass is 483 g/mol. The van der Waals surface area contributed by atoms with Gasteiger partial charge in [0.05, 0.1) is 6.54 Å². The molecule has 1 aromatic rings. The van der Waals surface area contributed by atoms with Crippen LogP contribution in [0.3, 0.4) is 0 Å². The first-order valence-corrected chi connectivity index (χ1v) is 12.7. The van der Waals surface area contributed by atoms with Gasteiger partial charge >= 0.3 is 11.9 Å². The second-order valence-corrected chi connectivity index (χ2v) is 8.80. The third-order valence-corrected chi connectivity index (χ3v) is 5.86. The fraction of sp³-hybridized carbons (Fsp3) is 0.704. The van der Waals surface area contributed by atoms with Gasteiger partial charge in [-0.25, -0.2) is 0 Å². The summed E-state index contributed by atoms with van der Waals surface area (Å²) in [5.41, 5.74) is 1.46. The van der Waals surface area contributed by atoms with Gasteiger partial charge in [0.15, 0.2) is 0 Å². The van der Waals surface area contributed by atoms with Crippen molar-refractivity contribution in [2.75, 3.05) is 32.8 Å². The lowest BCUT2D eigenvalue weighted by molar-refractivity contribution is -0.900. The molecule has 0 bridgehead atoms. The summed E-state index contributed by atoms with van der Waals surface area (Å²) in [6.07, 6.45) is 15.7. The molecule has 0 fully saturated rings. The molecule has 0 unspecified atom stereocenters. The number of ether oxygens (including phenoxy) is 2. The summed E-state index contributed by atoms with van der Waals surface area (Å²) >= 11 is 0. The van der Waals surface area contributed by atoms with Crippen molar-refractivity contribution in [3.05, 3.63) is 35.9 Å². The van der Waals surface area contributed by atoms with Gasteiger partial charge in [-0.3, -0.25) is 9.59 Å². The molecule has 33 heavy (non-hydrogen) atoms. The highest BCUT2D eigenvalue weighted by Crippen LogP contribution is 2.12.